The second kappa shape index (κ2) is 6.00. The molecule has 1 aliphatic carbocycles. The highest BCUT2D eigenvalue weighted by Gasteiger charge is 2.47. The van der Waals surface area contributed by atoms with Crippen LogP contribution in [-0.2, 0) is 4.79 Å². The Bertz CT molecular complexity index is 673. The lowest BCUT2D eigenvalue weighted by Crippen LogP contribution is -2.46. The first-order valence-corrected chi connectivity index (χ1v) is 8.60. The van der Waals surface area contributed by atoms with E-state index in [4.69, 9.17) is 9.47 Å². The standard InChI is InChI=1S/C18H21NO5/c20-17(12-5-6-15-16(10-12)24-8-7-23-15)19-13-4-2-1-3-11(13)9-14(19)18(21)22/h5-6,10-11,13-14H,1-4,7-9H2,(H,21,22). The molecule has 6 heteroatoms. The predicted molar refractivity (Wildman–Crippen MR) is 85.4 cm³/mol. The van der Waals surface area contributed by atoms with Crippen LogP contribution in [0.4, 0.5) is 0 Å². The molecule has 2 heterocycles. The number of nitrogens with zero attached hydrogens (tertiary/aromatic N) is 1. The Kier molecular flexibility index (Phi) is 3.82. The van der Waals surface area contributed by atoms with Crippen molar-refractivity contribution in [3.63, 3.8) is 0 Å². The molecular formula is C18H21NO5. The minimum Gasteiger partial charge on any atom is -0.486 e. The van der Waals surface area contributed by atoms with Crippen molar-refractivity contribution in [2.45, 2.75) is 44.2 Å². The molecule has 0 bridgehead atoms. The van der Waals surface area contributed by atoms with Crippen molar-refractivity contribution in [3.05, 3.63) is 23.8 Å². The van der Waals surface area contributed by atoms with E-state index in [2.05, 4.69) is 0 Å². The summed E-state index contributed by atoms with van der Waals surface area (Å²) in [6.07, 6.45) is 4.65. The summed E-state index contributed by atoms with van der Waals surface area (Å²) < 4.78 is 11.0. The van der Waals surface area contributed by atoms with Gasteiger partial charge in [-0.1, -0.05) is 12.8 Å². The van der Waals surface area contributed by atoms with Gasteiger partial charge in [0.2, 0.25) is 0 Å². The van der Waals surface area contributed by atoms with Crippen LogP contribution in [-0.4, -0.2) is 47.2 Å². The van der Waals surface area contributed by atoms with Crippen molar-refractivity contribution in [2.75, 3.05) is 13.2 Å². The van der Waals surface area contributed by atoms with Crippen LogP contribution in [0.3, 0.4) is 0 Å². The van der Waals surface area contributed by atoms with Gasteiger partial charge in [0.1, 0.15) is 19.3 Å². The third-order valence-corrected chi connectivity index (χ3v) is 5.40. The number of fused-ring (bicyclic) bond motifs is 2. The maximum atomic E-state index is 13.1. The van der Waals surface area contributed by atoms with Crippen molar-refractivity contribution < 1.29 is 24.2 Å². The number of ether oxygens (including phenoxy) is 2. The van der Waals surface area contributed by atoms with E-state index in [1.807, 2.05) is 0 Å². The zero-order valence-electron chi connectivity index (χ0n) is 13.4. The van der Waals surface area contributed by atoms with Crippen LogP contribution in [0.1, 0.15) is 42.5 Å². The molecule has 3 aliphatic rings. The highest BCUT2D eigenvalue weighted by molar-refractivity contribution is 5.98. The summed E-state index contributed by atoms with van der Waals surface area (Å²) in [5.41, 5.74) is 0.469. The fourth-order valence-electron chi connectivity index (χ4n) is 4.30. The zero-order chi connectivity index (χ0) is 16.7. The number of hydrogen-bond donors (Lipinski definition) is 1. The van der Waals surface area contributed by atoms with E-state index in [0.717, 1.165) is 25.7 Å². The third kappa shape index (κ3) is 2.50. The number of benzene rings is 1. The quantitative estimate of drug-likeness (QED) is 0.900. The summed E-state index contributed by atoms with van der Waals surface area (Å²) in [6.45, 7) is 0.952. The maximum Gasteiger partial charge on any atom is 0.326 e. The van der Waals surface area contributed by atoms with Gasteiger partial charge in [0, 0.05) is 11.6 Å². The molecule has 24 heavy (non-hydrogen) atoms. The number of carbonyl (C=O) groups excluding carboxylic acids is 1. The molecule has 0 spiro atoms. The number of likely N-dealkylation sites (tertiary alicyclic amines) is 1. The summed E-state index contributed by atoms with van der Waals surface area (Å²) in [6, 6.07) is 4.42. The lowest BCUT2D eigenvalue weighted by molar-refractivity contribution is -0.141. The number of carboxylic acids is 1. The minimum absolute atomic E-state index is 0.0422. The minimum atomic E-state index is -0.907. The molecule has 128 valence electrons. The van der Waals surface area contributed by atoms with Crippen LogP contribution in [0.25, 0.3) is 0 Å². The van der Waals surface area contributed by atoms with Crippen LogP contribution in [0.5, 0.6) is 11.5 Å². The number of carboxylic acid groups (broad SMARTS) is 1. The molecule has 0 radical (unpaired) electrons. The molecule has 1 N–H and O–H groups in total. The molecule has 1 aromatic rings. The van der Waals surface area contributed by atoms with E-state index in [1.54, 1.807) is 23.1 Å². The molecule has 1 saturated carbocycles. The number of hydrogen-bond acceptors (Lipinski definition) is 4. The summed E-state index contributed by atoms with van der Waals surface area (Å²) in [7, 11) is 0. The van der Waals surface area contributed by atoms with Gasteiger partial charge in [-0.3, -0.25) is 4.79 Å². The first-order chi connectivity index (χ1) is 11.6. The lowest BCUT2D eigenvalue weighted by Gasteiger charge is -2.33. The van der Waals surface area contributed by atoms with Gasteiger partial charge in [0.15, 0.2) is 11.5 Å². The first-order valence-electron chi connectivity index (χ1n) is 8.60. The Morgan fingerprint density at radius 1 is 1.08 bits per heavy atom. The predicted octanol–water partition coefficient (Wildman–Crippen LogP) is 2.32. The van der Waals surface area contributed by atoms with Crippen molar-refractivity contribution in [1.82, 2.24) is 4.90 Å². The fourth-order valence-corrected chi connectivity index (χ4v) is 4.30. The van der Waals surface area contributed by atoms with E-state index < -0.39 is 12.0 Å². The highest BCUT2D eigenvalue weighted by Crippen LogP contribution is 2.41. The van der Waals surface area contributed by atoms with Crippen LogP contribution in [0.15, 0.2) is 18.2 Å². The van der Waals surface area contributed by atoms with Crippen molar-refractivity contribution in [1.29, 1.82) is 0 Å². The van der Waals surface area contributed by atoms with E-state index in [9.17, 15) is 14.7 Å². The summed E-state index contributed by atoms with van der Waals surface area (Å²) >= 11 is 0. The van der Waals surface area contributed by atoms with Crippen LogP contribution in [0.2, 0.25) is 0 Å². The van der Waals surface area contributed by atoms with E-state index >= 15 is 0 Å². The van der Waals surface area contributed by atoms with Gasteiger partial charge in [0.05, 0.1) is 0 Å². The summed E-state index contributed by atoms with van der Waals surface area (Å²) in [5, 5.41) is 9.58. The van der Waals surface area contributed by atoms with Gasteiger partial charge in [-0.15, -0.1) is 0 Å². The lowest BCUT2D eigenvalue weighted by atomic mass is 9.84. The van der Waals surface area contributed by atoms with E-state index in [-0.39, 0.29) is 11.9 Å². The van der Waals surface area contributed by atoms with Crippen molar-refractivity contribution >= 4 is 11.9 Å². The normalized spacial score (nSPS) is 28.3. The summed E-state index contributed by atoms with van der Waals surface area (Å²) in [5.74, 6) is 0.369. The van der Waals surface area contributed by atoms with Gasteiger partial charge >= 0.3 is 5.97 Å². The van der Waals surface area contributed by atoms with Crippen LogP contribution in [0, 0.1) is 5.92 Å². The molecular weight excluding hydrogens is 310 g/mol. The van der Waals surface area contributed by atoms with E-state index in [0.29, 0.717) is 42.6 Å². The molecule has 1 aromatic carbocycles. The number of carbonyl (C=O) groups is 2. The number of aliphatic carboxylic acids is 1. The third-order valence-electron chi connectivity index (χ3n) is 5.40. The Morgan fingerprint density at radius 3 is 2.62 bits per heavy atom. The van der Waals surface area contributed by atoms with E-state index in [1.165, 1.54) is 0 Å². The molecule has 1 amide bonds. The smallest absolute Gasteiger partial charge is 0.326 e. The SMILES string of the molecule is O=C(O)C1CC2CCCCC2N1C(=O)c1ccc2c(c1)OCCO2. The largest absolute Gasteiger partial charge is 0.486 e. The molecule has 0 aromatic heterocycles. The number of rotatable bonds is 2. The van der Waals surface area contributed by atoms with Crippen LogP contribution >= 0.6 is 0 Å². The topological polar surface area (TPSA) is 76.1 Å². The van der Waals surface area contributed by atoms with Gasteiger partial charge in [-0.2, -0.15) is 0 Å². The van der Waals surface area contributed by atoms with Gasteiger partial charge in [-0.05, 0) is 43.4 Å². The molecule has 2 fully saturated rings. The molecule has 3 atom stereocenters. The molecule has 6 nitrogen and oxygen atoms in total. The van der Waals surface area contributed by atoms with Crippen LogP contribution < -0.4 is 9.47 Å². The van der Waals surface area contributed by atoms with Gasteiger partial charge in [0.25, 0.3) is 5.91 Å². The van der Waals surface area contributed by atoms with Crippen molar-refractivity contribution in [2.24, 2.45) is 5.92 Å². The first kappa shape index (κ1) is 15.3. The average Bonchev–Trinajstić information content (AvgIpc) is 3.00. The zero-order valence-corrected chi connectivity index (χ0v) is 13.4. The Hall–Kier alpha value is -2.24. The summed E-state index contributed by atoms with van der Waals surface area (Å²) in [4.78, 5) is 26.4. The van der Waals surface area contributed by atoms with Gasteiger partial charge in [-0.25, -0.2) is 4.79 Å². The van der Waals surface area contributed by atoms with Crippen molar-refractivity contribution in [3.8, 4) is 11.5 Å². The molecule has 2 aliphatic heterocycles. The Morgan fingerprint density at radius 2 is 1.83 bits per heavy atom. The second-order valence-corrected chi connectivity index (χ2v) is 6.77. The fraction of sp³-hybridized carbons (Fsp3) is 0.556. The highest BCUT2D eigenvalue weighted by atomic mass is 16.6. The maximum absolute atomic E-state index is 13.1. The van der Waals surface area contributed by atoms with Gasteiger partial charge < -0.3 is 19.5 Å². The number of amides is 1. The second-order valence-electron chi connectivity index (χ2n) is 6.77. The molecule has 1 saturated heterocycles. The molecule has 4 rings (SSSR count). The Balaban J connectivity index is 1.65. The monoisotopic (exact) mass is 331 g/mol. The molecule has 3 unspecified atom stereocenters. The Labute approximate surface area is 140 Å². The average molecular weight is 331 g/mol.